The Morgan fingerprint density at radius 2 is 1.96 bits per heavy atom. The van der Waals surface area contributed by atoms with Gasteiger partial charge in [0.15, 0.2) is 11.8 Å². The highest BCUT2D eigenvalue weighted by Gasteiger charge is 2.56. The van der Waals surface area contributed by atoms with Crippen LogP contribution in [0.3, 0.4) is 0 Å². The number of halogens is 1. The third-order valence-corrected chi connectivity index (χ3v) is 10.8. The van der Waals surface area contributed by atoms with Gasteiger partial charge in [-0.1, -0.05) is 32.9 Å². The highest BCUT2D eigenvalue weighted by molar-refractivity contribution is 5.96. The van der Waals surface area contributed by atoms with E-state index in [1.54, 1.807) is 35.3 Å². The number of nitrogens with one attached hydrogen (secondary N) is 2. The fourth-order valence-corrected chi connectivity index (χ4v) is 7.91. The topological polar surface area (TPSA) is 100 Å². The summed E-state index contributed by atoms with van der Waals surface area (Å²) in [4.78, 5) is 35.4. The number of rotatable bonds is 6. The first-order valence-electron chi connectivity index (χ1n) is 16.6. The van der Waals surface area contributed by atoms with Gasteiger partial charge in [-0.25, -0.2) is 19.4 Å². The Labute approximate surface area is 269 Å². The first kappa shape index (κ1) is 30.5. The van der Waals surface area contributed by atoms with Crippen LogP contribution in [0.2, 0.25) is 0 Å². The van der Waals surface area contributed by atoms with Gasteiger partial charge >= 0.3 is 0 Å². The molecule has 1 saturated heterocycles. The summed E-state index contributed by atoms with van der Waals surface area (Å²) in [6.07, 6.45) is 7.81. The van der Waals surface area contributed by atoms with Crippen molar-refractivity contribution in [2.75, 3.05) is 25.0 Å². The van der Waals surface area contributed by atoms with Crippen LogP contribution in [0.25, 0.3) is 22.4 Å². The molecule has 3 heterocycles. The van der Waals surface area contributed by atoms with E-state index in [4.69, 9.17) is 9.98 Å². The molecule has 2 N–H and O–H groups in total. The fraction of sp³-hybridized carbons (Fsp3) is 0.472. The van der Waals surface area contributed by atoms with Gasteiger partial charge in [-0.15, -0.1) is 0 Å². The Morgan fingerprint density at radius 1 is 1.13 bits per heavy atom. The molecule has 8 rings (SSSR count). The van der Waals surface area contributed by atoms with Crippen LogP contribution >= 0.6 is 0 Å². The second-order valence-electron chi connectivity index (χ2n) is 14.0. The number of aliphatic imine (C=N–C) groups is 1. The van der Waals surface area contributed by atoms with Gasteiger partial charge < -0.3 is 15.5 Å². The highest BCUT2D eigenvalue weighted by atomic mass is 19.1. The largest absolute Gasteiger partial charge is 0.340 e. The molecule has 4 fully saturated rings. The maximum atomic E-state index is 14.0. The van der Waals surface area contributed by atoms with Crippen molar-refractivity contribution >= 4 is 22.5 Å². The van der Waals surface area contributed by atoms with Gasteiger partial charge in [-0.05, 0) is 85.3 Å². The number of hydrogen-bond donors (Lipinski definition) is 2. The van der Waals surface area contributed by atoms with Crippen molar-refractivity contribution in [3.8, 4) is 11.5 Å². The summed E-state index contributed by atoms with van der Waals surface area (Å²) in [6, 6.07) is 12.7. The zero-order valence-electron chi connectivity index (χ0n) is 27.1. The Morgan fingerprint density at radius 3 is 2.67 bits per heavy atom. The van der Waals surface area contributed by atoms with E-state index in [-0.39, 0.29) is 17.4 Å². The van der Waals surface area contributed by atoms with E-state index in [0.717, 1.165) is 49.2 Å². The first-order chi connectivity index (χ1) is 22.2. The Bertz CT molecular complexity index is 1810. The van der Waals surface area contributed by atoms with Crippen molar-refractivity contribution in [3.63, 3.8) is 0 Å². The van der Waals surface area contributed by atoms with Crippen molar-refractivity contribution < 1.29 is 4.39 Å². The van der Waals surface area contributed by atoms with E-state index in [2.05, 4.69) is 53.2 Å². The van der Waals surface area contributed by atoms with Crippen molar-refractivity contribution in [1.82, 2.24) is 29.7 Å². The van der Waals surface area contributed by atoms with E-state index in [0.29, 0.717) is 58.7 Å². The second kappa shape index (κ2) is 12.2. The fourth-order valence-electron chi connectivity index (χ4n) is 7.91. The number of aromatic nitrogens is 4. The number of guanidine groups is 1. The van der Waals surface area contributed by atoms with Gasteiger partial charge in [-0.3, -0.25) is 14.3 Å². The minimum atomic E-state index is -0.286. The summed E-state index contributed by atoms with van der Waals surface area (Å²) in [5.41, 5.74) is 3.12. The van der Waals surface area contributed by atoms with Gasteiger partial charge in [0.2, 0.25) is 0 Å². The number of aryl methyl sites for hydroxylation is 1. The number of anilines is 1. The average molecular weight is 623 g/mol. The van der Waals surface area contributed by atoms with Gasteiger partial charge in [-0.2, -0.15) is 0 Å². The van der Waals surface area contributed by atoms with Crippen LogP contribution in [0.5, 0.6) is 0 Å². The molecule has 2 aromatic carbocycles. The molecule has 10 heteroatoms. The number of piperazine rings is 1. The molecule has 240 valence electrons. The zero-order chi connectivity index (χ0) is 32.0. The maximum absolute atomic E-state index is 14.0. The Balaban J connectivity index is 1.23. The summed E-state index contributed by atoms with van der Waals surface area (Å²) >= 11 is 0. The lowest BCUT2D eigenvalue weighted by molar-refractivity contribution is -0.108. The monoisotopic (exact) mass is 622 g/mol. The summed E-state index contributed by atoms with van der Waals surface area (Å²) in [5, 5.41) is 7.74. The molecule has 0 amide bonds. The van der Waals surface area contributed by atoms with E-state index in [1.165, 1.54) is 18.6 Å². The quantitative estimate of drug-likeness (QED) is 0.220. The number of benzene rings is 2. The maximum Gasteiger partial charge on any atom is 0.261 e. The number of fused-ring (bicyclic) bond motifs is 3. The molecule has 3 saturated carbocycles. The standard InChI is InChI=1S/C36H43FN8O/c1-22-21-44(16-14-39-22)35(43-30-18-25-17-29(23(30)2)36(25,3)4)41-27-9-10-28-31(19-27)42-33(32-20-38-12-13-40-32)45(34(28)46)15-11-24-5-7-26(37)8-6-24/h5-10,12-13,19-20,22-23,25,29-30,39H,11,14-18,21H2,1-4H3,(H,41,43)/t22-,23-,25+,29-,30?/m0/s1. The van der Waals surface area contributed by atoms with Crippen LogP contribution in [0, 0.1) is 29.0 Å². The normalized spacial score (nSPS) is 25.7. The van der Waals surface area contributed by atoms with Gasteiger partial charge in [0.05, 0.1) is 23.1 Å². The first-order valence-corrected chi connectivity index (χ1v) is 16.6. The molecule has 0 spiro atoms. The van der Waals surface area contributed by atoms with Crippen LogP contribution in [-0.2, 0) is 13.0 Å². The second-order valence-corrected chi connectivity index (χ2v) is 14.0. The van der Waals surface area contributed by atoms with E-state index < -0.39 is 0 Å². The summed E-state index contributed by atoms with van der Waals surface area (Å²) in [5.74, 6) is 3.01. The number of hydrogen-bond acceptors (Lipinski definition) is 6. The van der Waals surface area contributed by atoms with Gasteiger partial charge in [0, 0.05) is 50.3 Å². The van der Waals surface area contributed by atoms with Gasteiger partial charge in [0.1, 0.15) is 11.5 Å². The molecule has 46 heavy (non-hydrogen) atoms. The van der Waals surface area contributed by atoms with E-state index in [1.807, 2.05) is 18.2 Å². The molecule has 9 nitrogen and oxygen atoms in total. The molecule has 4 aromatic rings. The minimum absolute atomic E-state index is 0.151. The molecule has 3 aliphatic carbocycles. The molecule has 2 bridgehead atoms. The minimum Gasteiger partial charge on any atom is -0.340 e. The van der Waals surface area contributed by atoms with Crippen molar-refractivity contribution in [3.05, 3.63) is 82.8 Å². The van der Waals surface area contributed by atoms with Gasteiger partial charge in [0.25, 0.3) is 5.56 Å². The highest BCUT2D eigenvalue weighted by Crippen LogP contribution is 2.61. The van der Waals surface area contributed by atoms with Crippen LogP contribution < -0.4 is 16.2 Å². The molecule has 2 aromatic heterocycles. The SMILES string of the molecule is C[C@@H]1C(/N=C(/Nc2ccc3c(=O)n(CCc4ccc(F)cc4)c(-c4cnccn4)nc3c2)N2CCN[C@@H](C)C2)C[C@H]2C[C@@H]1C2(C)C. The summed E-state index contributed by atoms with van der Waals surface area (Å²) in [7, 11) is 0. The Hall–Kier alpha value is -4.18. The molecule has 4 aliphatic rings. The van der Waals surface area contributed by atoms with E-state index >= 15 is 0 Å². The van der Waals surface area contributed by atoms with Crippen molar-refractivity contribution in [1.29, 1.82) is 0 Å². The van der Waals surface area contributed by atoms with Crippen LogP contribution in [0.1, 0.15) is 46.1 Å². The van der Waals surface area contributed by atoms with Crippen LogP contribution in [-0.4, -0.2) is 62.1 Å². The van der Waals surface area contributed by atoms with Crippen LogP contribution in [0.4, 0.5) is 10.1 Å². The number of nitrogens with zero attached hydrogens (tertiary/aromatic N) is 6. The average Bonchev–Trinajstić information content (AvgIpc) is 3.05. The zero-order valence-corrected chi connectivity index (χ0v) is 27.1. The lowest BCUT2D eigenvalue weighted by Gasteiger charge is -2.61. The predicted molar refractivity (Wildman–Crippen MR) is 180 cm³/mol. The van der Waals surface area contributed by atoms with Crippen molar-refractivity contribution in [2.24, 2.45) is 28.2 Å². The lowest BCUT2D eigenvalue weighted by Crippen LogP contribution is -2.57. The smallest absolute Gasteiger partial charge is 0.261 e. The Kier molecular flexibility index (Phi) is 8.09. The predicted octanol–water partition coefficient (Wildman–Crippen LogP) is 5.37. The third-order valence-electron chi connectivity index (χ3n) is 10.8. The molecular formula is C36H43FN8O. The van der Waals surface area contributed by atoms with Crippen molar-refractivity contribution in [2.45, 2.75) is 65.6 Å². The molecular weight excluding hydrogens is 579 g/mol. The third kappa shape index (κ3) is 5.79. The summed E-state index contributed by atoms with van der Waals surface area (Å²) < 4.78 is 15.1. The van der Waals surface area contributed by atoms with E-state index in [9.17, 15) is 9.18 Å². The molecule has 5 atom stereocenters. The molecule has 0 radical (unpaired) electrons. The molecule has 1 unspecified atom stereocenters. The molecule has 1 aliphatic heterocycles. The van der Waals surface area contributed by atoms with Crippen LogP contribution in [0.15, 0.2) is 70.8 Å². The summed E-state index contributed by atoms with van der Waals surface area (Å²) in [6.45, 7) is 12.4. The lowest BCUT2D eigenvalue weighted by atomic mass is 9.45.